The number of hydrogen-bond donors (Lipinski definition) is 0. The summed E-state index contributed by atoms with van der Waals surface area (Å²) in [5, 5.41) is 0. The largest absolute Gasteiger partial charge is 0.493 e. The van der Waals surface area contributed by atoms with Crippen molar-refractivity contribution in [2.75, 3.05) is 13.7 Å². The number of aromatic nitrogens is 1. The molecular formula is C21H24N2O3. The van der Waals surface area contributed by atoms with Crippen LogP contribution in [-0.4, -0.2) is 35.5 Å². The quantitative estimate of drug-likeness (QED) is 0.680. The zero-order valence-electron chi connectivity index (χ0n) is 15.2. The Labute approximate surface area is 154 Å². The topological polar surface area (TPSA) is 51.7 Å². The number of pyridine rings is 1. The minimum atomic E-state index is 0.0260. The highest BCUT2D eigenvalue weighted by atomic mass is 16.5. The van der Waals surface area contributed by atoms with Crippen molar-refractivity contribution >= 4 is 12.0 Å². The van der Waals surface area contributed by atoms with Crippen molar-refractivity contribution in [2.45, 2.75) is 32.4 Å². The molecule has 3 rings (SSSR count). The lowest BCUT2D eigenvalue weighted by Gasteiger charge is -2.20. The molecule has 1 heterocycles. The van der Waals surface area contributed by atoms with Gasteiger partial charge in [-0.2, -0.15) is 0 Å². The smallest absolute Gasteiger partial charge is 0.247 e. The second kappa shape index (κ2) is 8.52. The number of ether oxygens (including phenoxy) is 2. The summed E-state index contributed by atoms with van der Waals surface area (Å²) in [5.41, 5.74) is 2.00. The fourth-order valence-corrected chi connectivity index (χ4v) is 2.79. The Morgan fingerprint density at radius 3 is 2.65 bits per heavy atom. The molecule has 0 saturated heterocycles. The van der Waals surface area contributed by atoms with Crippen molar-refractivity contribution < 1.29 is 14.3 Å². The molecule has 0 radical (unpaired) electrons. The monoisotopic (exact) mass is 352 g/mol. The lowest BCUT2D eigenvalue weighted by atomic mass is 10.1. The van der Waals surface area contributed by atoms with Gasteiger partial charge in [0.25, 0.3) is 0 Å². The number of carbonyl (C=O) groups excluding carboxylic acids is 1. The molecule has 2 aromatic rings. The van der Waals surface area contributed by atoms with Crippen LogP contribution in [0.3, 0.4) is 0 Å². The number of benzene rings is 1. The zero-order chi connectivity index (χ0) is 18.4. The van der Waals surface area contributed by atoms with Crippen LogP contribution in [0.4, 0.5) is 0 Å². The van der Waals surface area contributed by atoms with Crippen molar-refractivity contribution in [3.63, 3.8) is 0 Å². The molecule has 0 bridgehead atoms. The second-order valence-electron chi connectivity index (χ2n) is 6.23. The van der Waals surface area contributed by atoms with Crippen LogP contribution in [0.25, 0.3) is 6.08 Å². The summed E-state index contributed by atoms with van der Waals surface area (Å²) >= 11 is 0. The molecule has 26 heavy (non-hydrogen) atoms. The van der Waals surface area contributed by atoms with E-state index in [2.05, 4.69) is 4.98 Å². The van der Waals surface area contributed by atoms with E-state index in [0.717, 1.165) is 24.0 Å². The highest BCUT2D eigenvalue weighted by Crippen LogP contribution is 2.30. The predicted molar refractivity (Wildman–Crippen MR) is 101 cm³/mol. The molecule has 1 aromatic heterocycles. The first-order valence-electron chi connectivity index (χ1n) is 8.89. The Bertz CT molecular complexity index is 770. The number of methoxy groups -OCH3 is 1. The molecule has 1 saturated carbocycles. The number of hydrogen-bond acceptors (Lipinski definition) is 4. The molecule has 5 heteroatoms. The van der Waals surface area contributed by atoms with E-state index in [0.29, 0.717) is 30.7 Å². The molecule has 0 N–H and O–H groups in total. The van der Waals surface area contributed by atoms with Crippen molar-refractivity contribution in [3.05, 3.63) is 59.9 Å². The van der Waals surface area contributed by atoms with Crippen LogP contribution < -0.4 is 9.47 Å². The molecule has 0 spiro atoms. The Balaban J connectivity index is 1.71. The Kier molecular flexibility index (Phi) is 5.89. The van der Waals surface area contributed by atoms with E-state index in [1.165, 1.54) is 0 Å². The molecule has 1 aromatic carbocycles. The van der Waals surface area contributed by atoms with E-state index < -0.39 is 0 Å². The van der Waals surface area contributed by atoms with Crippen molar-refractivity contribution in [1.82, 2.24) is 9.88 Å². The first-order chi connectivity index (χ1) is 12.7. The lowest BCUT2D eigenvalue weighted by Crippen LogP contribution is -2.31. The van der Waals surface area contributed by atoms with Crippen LogP contribution in [0, 0.1) is 0 Å². The standard InChI is InChI=1S/C21H24N2O3/c1-3-26-20-14-16(4-8-19(20)25-2)5-9-21(24)23(18-6-7-18)15-17-10-12-22-13-11-17/h4-5,8-14,18H,3,6-7,15H2,1-2H3/b9-5+. The normalized spacial score (nSPS) is 13.6. The summed E-state index contributed by atoms with van der Waals surface area (Å²) in [6.07, 6.45) is 9.12. The Morgan fingerprint density at radius 1 is 1.23 bits per heavy atom. The van der Waals surface area contributed by atoms with E-state index in [1.807, 2.05) is 48.2 Å². The van der Waals surface area contributed by atoms with Gasteiger partial charge in [0.15, 0.2) is 11.5 Å². The Morgan fingerprint density at radius 2 is 2.00 bits per heavy atom. The van der Waals surface area contributed by atoms with E-state index in [1.54, 1.807) is 25.6 Å². The van der Waals surface area contributed by atoms with Gasteiger partial charge in [-0.3, -0.25) is 9.78 Å². The van der Waals surface area contributed by atoms with Gasteiger partial charge < -0.3 is 14.4 Å². The van der Waals surface area contributed by atoms with Crippen molar-refractivity contribution in [1.29, 1.82) is 0 Å². The van der Waals surface area contributed by atoms with Crippen LogP contribution >= 0.6 is 0 Å². The van der Waals surface area contributed by atoms with Gasteiger partial charge in [-0.25, -0.2) is 0 Å². The van der Waals surface area contributed by atoms with Crippen LogP contribution in [0.1, 0.15) is 30.9 Å². The number of carbonyl (C=O) groups is 1. The summed E-state index contributed by atoms with van der Waals surface area (Å²) in [6, 6.07) is 9.89. The first-order valence-corrected chi connectivity index (χ1v) is 8.89. The van der Waals surface area contributed by atoms with Gasteiger partial charge in [0.1, 0.15) is 0 Å². The summed E-state index contributed by atoms with van der Waals surface area (Å²) in [6.45, 7) is 3.10. The van der Waals surface area contributed by atoms with Crippen molar-refractivity contribution in [2.24, 2.45) is 0 Å². The van der Waals surface area contributed by atoms with Gasteiger partial charge in [0.2, 0.25) is 5.91 Å². The van der Waals surface area contributed by atoms with Gasteiger partial charge >= 0.3 is 0 Å². The molecule has 136 valence electrons. The summed E-state index contributed by atoms with van der Waals surface area (Å²) < 4.78 is 10.9. The maximum atomic E-state index is 12.7. The minimum Gasteiger partial charge on any atom is -0.493 e. The molecule has 1 amide bonds. The highest BCUT2D eigenvalue weighted by Gasteiger charge is 2.31. The van der Waals surface area contributed by atoms with E-state index in [9.17, 15) is 4.79 Å². The first kappa shape index (κ1) is 18.0. The third-order valence-corrected chi connectivity index (χ3v) is 4.28. The van der Waals surface area contributed by atoms with E-state index >= 15 is 0 Å². The average Bonchev–Trinajstić information content (AvgIpc) is 3.50. The molecule has 0 unspecified atom stereocenters. The third kappa shape index (κ3) is 4.63. The van der Waals surface area contributed by atoms with E-state index in [-0.39, 0.29) is 5.91 Å². The highest BCUT2D eigenvalue weighted by molar-refractivity contribution is 5.92. The van der Waals surface area contributed by atoms with Gasteiger partial charge in [-0.1, -0.05) is 6.07 Å². The minimum absolute atomic E-state index is 0.0260. The van der Waals surface area contributed by atoms with Crippen LogP contribution in [-0.2, 0) is 11.3 Å². The fourth-order valence-electron chi connectivity index (χ4n) is 2.79. The molecule has 0 atom stereocenters. The van der Waals surface area contributed by atoms with Gasteiger partial charge in [0.05, 0.1) is 13.7 Å². The summed E-state index contributed by atoms with van der Waals surface area (Å²) in [7, 11) is 1.61. The third-order valence-electron chi connectivity index (χ3n) is 4.28. The lowest BCUT2D eigenvalue weighted by molar-refractivity contribution is -0.127. The Hall–Kier alpha value is -2.82. The summed E-state index contributed by atoms with van der Waals surface area (Å²) in [5.74, 6) is 1.39. The molecule has 1 aliphatic rings. The fraction of sp³-hybridized carbons (Fsp3) is 0.333. The molecule has 0 aliphatic heterocycles. The van der Waals surface area contributed by atoms with Gasteiger partial charge in [0, 0.05) is 31.1 Å². The number of nitrogens with zero attached hydrogens (tertiary/aromatic N) is 2. The van der Waals surface area contributed by atoms with Crippen molar-refractivity contribution in [3.8, 4) is 11.5 Å². The van der Waals surface area contributed by atoms with Crippen LogP contribution in [0.15, 0.2) is 48.8 Å². The van der Waals surface area contributed by atoms with Gasteiger partial charge in [-0.05, 0) is 61.2 Å². The SMILES string of the molecule is CCOc1cc(/C=C/C(=O)N(Cc2ccncc2)C2CC2)ccc1OC. The second-order valence-corrected chi connectivity index (χ2v) is 6.23. The molecule has 1 aliphatic carbocycles. The van der Waals surface area contributed by atoms with Crippen LogP contribution in [0.5, 0.6) is 11.5 Å². The molecular weight excluding hydrogens is 328 g/mol. The van der Waals surface area contributed by atoms with Gasteiger partial charge in [-0.15, -0.1) is 0 Å². The molecule has 5 nitrogen and oxygen atoms in total. The maximum absolute atomic E-state index is 12.7. The number of amides is 1. The summed E-state index contributed by atoms with van der Waals surface area (Å²) in [4.78, 5) is 18.7. The molecule has 1 fully saturated rings. The number of rotatable bonds is 8. The van der Waals surface area contributed by atoms with E-state index in [4.69, 9.17) is 9.47 Å². The average molecular weight is 352 g/mol. The zero-order valence-corrected chi connectivity index (χ0v) is 15.2. The maximum Gasteiger partial charge on any atom is 0.247 e. The predicted octanol–water partition coefficient (Wildman–Crippen LogP) is 3.69. The van der Waals surface area contributed by atoms with Crippen LogP contribution in [0.2, 0.25) is 0 Å².